The summed E-state index contributed by atoms with van der Waals surface area (Å²) in [6.45, 7) is 2.65. The predicted octanol–water partition coefficient (Wildman–Crippen LogP) is 1.70. The monoisotopic (exact) mass is 349 g/mol. The summed E-state index contributed by atoms with van der Waals surface area (Å²) in [5.74, 6) is 1.56. The van der Waals surface area contributed by atoms with Crippen molar-refractivity contribution < 1.29 is 17.9 Å². The summed E-state index contributed by atoms with van der Waals surface area (Å²) in [5, 5.41) is 3.18. The Morgan fingerprint density at radius 3 is 2.63 bits per heavy atom. The van der Waals surface area contributed by atoms with Crippen LogP contribution in [0.2, 0.25) is 0 Å². The van der Waals surface area contributed by atoms with Crippen LogP contribution in [0, 0.1) is 0 Å². The molecule has 2 rings (SSSR count). The lowest BCUT2D eigenvalue weighted by Gasteiger charge is -2.14. The molecule has 1 aromatic carbocycles. The lowest BCUT2D eigenvalue weighted by molar-refractivity contribution is 0.174. The maximum atomic E-state index is 11.2. The summed E-state index contributed by atoms with van der Waals surface area (Å²) < 4.78 is 33.9. The Kier molecular flexibility index (Phi) is 4.37. The highest BCUT2D eigenvalue weighted by molar-refractivity contribution is 9.10. The smallest absolute Gasteiger partial charge is 0.231 e. The van der Waals surface area contributed by atoms with Gasteiger partial charge in [0.1, 0.15) is 9.84 Å². The van der Waals surface area contributed by atoms with Crippen LogP contribution in [0.3, 0.4) is 0 Å². The molecule has 0 spiro atoms. The predicted molar refractivity (Wildman–Crippen MR) is 76.3 cm³/mol. The first kappa shape index (κ1) is 14.6. The molecular weight excluding hydrogens is 334 g/mol. The maximum absolute atomic E-state index is 11.2. The Labute approximate surface area is 121 Å². The van der Waals surface area contributed by atoms with E-state index < -0.39 is 9.84 Å². The van der Waals surface area contributed by atoms with Crippen molar-refractivity contribution in [1.29, 1.82) is 0 Å². The van der Waals surface area contributed by atoms with Gasteiger partial charge < -0.3 is 14.8 Å². The number of benzene rings is 1. The van der Waals surface area contributed by atoms with Gasteiger partial charge in [0.05, 0.1) is 5.75 Å². The first-order valence-electron chi connectivity index (χ1n) is 5.84. The number of ether oxygens (including phenoxy) is 2. The summed E-state index contributed by atoms with van der Waals surface area (Å²) >= 11 is 3.47. The molecule has 1 aromatic rings. The van der Waals surface area contributed by atoms with E-state index in [0.29, 0.717) is 6.54 Å². The van der Waals surface area contributed by atoms with E-state index in [1.54, 1.807) is 0 Å². The minimum absolute atomic E-state index is 0.104. The summed E-state index contributed by atoms with van der Waals surface area (Å²) in [5.41, 5.74) is 1.00. The van der Waals surface area contributed by atoms with Gasteiger partial charge in [0.25, 0.3) is 0 Å². The third kappa shape index (κ3) is 4.09. The van der Waals surface area contributed by atoms with E-state index in [9.17, 15) is 8.42 Å². The quantitative estimate of drug-likeness (QED) is 0.876. The summed E-state index contributed by atoms with van der Waals surface area (Å²) in [6, 6.07) is 3.65. The van der Waals surface area contributed by atoms with Gasteiger partial charge >= 0.3 is 0 Å². The Bertz CT molecular complexity index is 573. The van der Waals surface area contributed by atoms with Gasteiger partial charge in [-0.3, -0.25) is 0 Å². The summed E-state index contributed by atoms with van der Waals surface area (Å²) in [4.78, 5) is 0. The third-order valence-electron chi connectivity index (χ3n) is 2.74. The molecule has 0 fully saturated rings. The van der Waals surface area contributed by atoms with Gasteiger partial charge in [-0.05, 0) is 24.6 Å². The Morgan fingerprint density at radius 2 is 2.00 bits per heavy atom. The molecule has 0 bridgehead atoms. The van der Waals surface area contributed by atoms with Crippen LogP contribution in [0.15, 0.2) is 16.6 Å². The fraction of sp³-hybridized carbons (Fsp3) is 0.500. The Morgan fingerprint density at radius 1 is 1.37 bits per heavy atom. The van der Waals surface area contributed by atoms with Gasteiger partial charge in [-0.2, -0.15) is 0 Å². The second-order valence-corrected chi connectivity index (χ2v) is 7.71. The summed E-state index contributed by atoms with van der Waals surface area (Å²) in [7, 11) is -2.97. The van der Waals surface area contributed by atoms with Gasteiger partial charge in [-0.25, -0.2) is 8.42 Å². The fourth-order valence-electron chi connectivity index (χ4n) is 1.89. The van der Waals surface area contributed by atoms with Crippen molar-refractivity contribution in [2.45, 2.75) is 19.5 Å². The Hall–Kier alpha value is -0.790. The molecule has 1 unspecified atom stereocenters. The third-order valence-corrected chi connectivity index (χ3v) is 4.58. The molecule has 106 valence electrons. The molecule has 0 amide bonds. The fourth-order valence-corrected chi connectivity index (χ4v) is 3.38. The van der Waals surface area contributed by atoms with Crippen LogP contribution in [-0.4, -0.2) is 33.3 Å². The lowest BCUT2D eigenvalue weighted by atomic mass is 10.2. The maximum Gasteiger partial charge on any atom is 0.231 e. The molecule has 0 saturated heterocycles. The van der Waals surface area contributed by atoms with E-state index in [2.05, 4.69) is 21.2 Å². The van der Waals surface area contributed by atoms with Crippen molar-refractivity contribution in [1.82, 2.24) is 5.32 Å². The molecule has 5 nitrogen and oxygen atoms in total. The molecule has 0 aliphatic carbocycles. The van der Waals surface area contributed by atoms with E-state index in [1.165, 1.54) is 6.26 Å². The molecule has 1 N–H and O–H groups in total. The van der Waals surface area contributed by atoms with E-state index in [-0.39, 0.29) is 18.6 Å². The number of hydrogen-bond donors (Lipinski definition) is 1. The second kappa shape index (κ2) is 5.68. The topological polar surface area (TPSA) is 64.6 Å². The molecule has 0 radical (unpaired) electrons. The van der Waals surface area contributed by atoms with Crippen molar-refractivity contribution in [2.75, 3.05) is 18.8 Å². The zero-order chi connectivity index (χ0) is 14.0. The largest absolute Gasteiger partial charge is 0.454 e. The van der Waals surface area contributed by atoms with Crippen LogP contribution >= 0.6 is 15.9 Å². The SMILES string of the molecule is CC(CS(C)(=O)=O)NCc1cc2c(cc1Br)OCO2. The van der Waals surface area contributed by atoms with Gasteiger partial charge in [0, 0.05) is 23.3 Å². The lowest BCUT2D eigenvalue weighted by Crippen LogP contribution is -2.32. The van der Waals surface area contributed by atoms with Crippen molar-refractivity contribution in [2.24, 2.45) is 0 Å². The number of halogens is 1. The number of nitrogens with one attached hydrogen (secondary N) is 1. The Balaban J connectivity index is 2.00. The van der Waals surface area contributed by atoms with Crippen molar-refractivity contribution in [3.63, 3.8) is 0 Å². The van der Waals surface area contributed by atoms with E-state index in [4.69, 9.17) is 9.47 Å². The standard InChI is InChI=1S/C12H16BrNO4S/c1-8(6-19(2,15)16)14-5-9-3-11-12(4-10(9)13)18-7-17-11/h3-4,8,14H,5-7H2,1-2H3. The van der Waals surface area contributed by atoms with Crippen LogP contribution in [0.25, 0.3) is 0 Å². The van der Waals surface area contributed by atoms with E-state index >= 15 is 0 Å². The molecule has 1 aliphatic rings. The van der Waals surface area contributed by atoms with E-state index in [1.807, 2.05) is 19.1 Å². The van der Waals surface area contributed by atoms with Crippen molar-refractivity contribution in [3.8, 4) is 11.5 Å². The number of sulfone groups is 1. The number of rotatable bonds is 5. The summed E-state index contributed by atoms with van der Waals surface area (Å²) in [6.07, 6.45) is 1.24. The number of fused-ring (bicyclic) bond motifs is 1. The van der Waals surface area contributed by atoms with Crippen LogP contribution in [0.1, 0.15) is 12.5 Å². The van der Waals surface area contributed by atoms with Crippen LogP contribution in [0.5, 0.6) is 11.5 Å². The normalized spacial score (nSPS) is 15.5. The molecule has 0 aromatic heterocycles. The molecule has 7 heteroatoms. The van der Waals surface area contributed by atoms with Gasteiger partial charge in [-0.1, -0.05) is 15.9 Å². The van der Waals surface area contributed by atoms with Gasteiger partial charge in [0.15, 0.2) is 11.5 Å². The molecule has 1 heterocycles. The first-order chi connectivity index (χ1) is 8.85. The minimum Gasteiger partial charge on any atom is -0.454 e. The first-order valence-corrected chi connectivity index (χ1v) is 8.69. The van der Waals surface area contributed by atoms with Gasteiger partial charge in [0.2, 0.25) is 6.79 Å². The van der Waals surface area contributed by atoms with Crippen LogP contribution in [-0.2, 0) is 16.4 Å². The zero-order valence-corrected chi connectivity index (χ0v) is 13.2. The highest BCUT2D eigenvalue weighted by atomic mass is 79.9. The second-order valence-electron chi connectivity index (χ2n) is 4.67. The van der Waals surface area contributed by atoms with E-state index in [0.717, 1.165) is 21.5 Å². The minimum atomic E-state index is -2.97. The average Bonchev–Trinajstić information content (AvgIpc) is 2.70. The highest BCUT2D eigenvalue weighted by Gasteiger charge is 2.17. The molecular formula is C12H16BrNO4S. The van der Waals surface area contributed by atoms with Crippen molar-refractivity contribution >= 4 is 25.8 Å². The average molecular weight is 350 g/mol. The zero-order valence-electron chi connectivity index (χ0n) is 10.8. The molecule has 1 aliphatic heterocycles. The molecule has 1 atom stereocenters. The van der Waals surface area contributed by atoms with Gasteiger partial charge in [-0.15, -0.1) is 0 Å². The van der Waals surface area contributed by atoms with Crippen LogP contribution < -0.4 is 14.8 Å². The molecule has 19 heavy (non-hydrogen) atoms. The highest BCUT2D eigenvalue weighted by Crippen LogP contribution is 2.36. The van der Waals surface area contributed by atoms with Crippen LogP contribution in [0.4, 0.5) is 0 Å². The van der Waals surface area contributed by atoms with Crippen molar-refractivity contribution in [3.05, 3.63) is 22.2 Å². The number of hydrogen-bond acceptors (Lipinski definition) is 5. The molecule has 0 saturated carbocycles.